The highest BCUT2D eigenvalue weighted by molar-refractivity contribution is 9.10. The van der Waals surface area contributed by atoms with Gasteiger partial charge in [0.2, 0.25) is 0 Å². The fraction of sp³-hybridized carbons (Fsp3) is 0.200. The molecule has 0 saturated heterocycles. The predicted molar refractivity (Wildman–Crippen MR) is 84.2 cm³/mol. The molecule has 1 N–H and O–H groups in total. The number of nitrogens with zero attached hydrogens (tertiary/aromatic N) is 1. The Balaban J connectivity index is 2.30. The van der Waals surface area contributed by atoms with Crippen LogP contribution in [0.2, 0.25) is 0 Å². The van der Waals surface area contributed by atoms with E-state index in [0.29, 0.717) is 22.7 Å². The van der Waals surface area contributed by atoms with Gasteiger partial charge in [-0.2, -0.15) is 0 Å². The van der Waals surface area contributed by atoms with Crippen LogP contribution in [-0.2, 0) is 0 Å². The maximum atomic E-state index is 12.4. The number of rotatable bonds is 4. The number of carbonyl (C=O) groups excluding carboxylic acids is 1. The minimum absolute atomic E-state index is 0.283. The molecule has 2 rings (SSSR count). The SMILES string of the molecule is COc1cccc(C(=O)Nc2cnc(Br)c(C)c2)c1OC. The molecule has 1 aromatic carbocycles. The highest BCUT2D eigenvalue weighted by atomic mass is 79.9. The molecule has 0 unspecified atom stereocenters. The second kappa shape index (κ2) is 6.58. The van der Waals surface area contributed by atoms with Gasteiger partial charge in [0.15, 0.2) is 11.5 Å². The zero-order chi connectivity index (χ0) is 15.4. The fourth-order valence-corrected chi connectivity index (χ4v) is 2.11. The summed E-state index contributed by atoms with van der Waals surface area (Å²) in [7, 11) is 3.03. The van der Waals surface area contributed by atoms with Gasteiger partial charge in [-0.25, -0.2) is 4.98 Å². The zero-order valence-corrected chi connectivity index (χ0v) is 13.5. The summed E-state index contributed by atoms with van der Waals surface area (Å²) < 4.78 is 11.2. The molecule has 0 radical (unpaired) electrons. The Kier molecular flexibility index (Phi) is 4.80. The monoisotopic (exact) mass is 350 g/mol. The number of amides is 1. The van der Waals surface area contributed by atoms with Crippen molar-refractivity contribution < 1.29 is 14.3 Å². The number of benzene rings is 1. The lowest BCUT2D eigenvalue weighted by atomic mass is 10.1. The van der Waals surface area contributed by atoms with Gasteiger partial charge in [-0.1, -0.05) is 6.07 Å². The van der Waals surface area contributed by atoms with Crippen LogP contribution in [0.4, 0.5) is 5.69 Å². The highest BCUT2D eigenvalue weighted by Crippen LogP contribution is 2.31. The summed E-state index contributed by atoms with van der Waals surface area (Å²) in [6.45, 7) is 1.90. The summed E-state index contributed by atoms with van der Waals surface area (Å²) in [5.41, 5.74) is 1.95. The fourth-order valence-electron chi connectivity index (χ4n) is 1.89. The summed E-state index contributed by atoms with van der Waals surface area (Å²) in [6.07, 6.45) is 1.58. The van der Waals surface area contributed by atoms with Crippen LogP contribution >= 0.6 is 15.9 Å². The van der Waals surface area contributed by atoms with Crippen molar-refractivity contribution in [3.63, 3.8) is 0 Å². The van der Waals surface area contributed by atoms with Gasteiger partial charge >= 0.3 is 0 Å². The average molecular weight is 351 g/mol. The molecule has 6 heteroatoms. The summed E-state index contributed by atoms with van der Waals surface area (Å²) in [5, 5.41) is 2.79. The molecule has 0 bridgehead atoms. The Bertz CT molecular complexity index is 674. The van der Waals surface area contributed by atoms with E-state index >= 15 is 0 Å². The summed E-state index contributed by atoms with van der Waals surface area (Å²) >= 11 is 3.32. The summed E-state index contributed by atoms with van der Waals surface area (Å²) in [4.78, 5) is 16.5. The van der Waals surface area contributed by atoms with Gasteiger partial charge in [0, 0.05) is 0 Å². The average Bonchev–Trinajstić information content (AvgIpc) is 2.49. The first-order valence-electron chi connectivity index (χ1n) is 6.21. The molecule has 2 aromatic rings. The Labute approximate surface area is 131 Å². The molecule has 110 valence electrons. The number of aryl methyl sites for hydroxylation is 1. The van der Waals surface area contributed by atoms with E-state index in [1.165, 1.54) is 14.2 Å². The lowest BCUT2D eigenvalue weighted by Gasteiger charge is -2.12. The molecule has 1 amide bonds. The maximum Gasteiger partial charge on any atom is 0.259 e. The summed E-state index contributed by atoms with van der Waals surface area (Å²) in [5.74, 6) is 0.629. The Hall–Kier alpha value is -2.08. The van der Waals surface area contributed by atoms with Gasteiger partial charge in [0.1, 0.15) is 4.60 Å². The molecule has 0 spiro atoms. The number of carbonyl (C=O) groups is 1. The van der Waals surface area contributed by atoms with Crippen LogP contribution in [0.25, 0.3) is 0 Å². The topological polar surface area (TPSA) is 60.5 Å². The van der Waals surface area contributed by atoms with E-state index in [1.807, 2.05) is 13.0 Å². The van der Waals surface area contributed by atoms with Crippen LogP contribution in [0.5, 0.6) is 11.5 Å². The van der Waals surface area contributed by atoms with E-state index in [-0.39, 0.29) is 5.91 Å². The van der Waals surface area contributed by atoms with E-state index in [0.717, 1.165) is 10.2 Å². The van der Waals surface area contributed by atoms with Crippen LogP contribution in [0.15, 0.2) is 35.1 Å². The molecule has 0 aliphatic rings. The van der Waals surface area contributed by atoms with Crippen molar-refractivity contribution in [2.24, 2.45) is 0 Å². The van der Waals surface area contributed by atoms with Crippen molar-refractivity contribution in [2.45, 2.75) is 6.92 Å². The number of anilines is 1. The molecule has 21 heavy (non-hydrogen) atoms. The summed E-state index contributed by atoms with van der Waals surface area (Å²) in [6, 6.07) is 6.99. The lowest BCUT2D eigenvalue weighted by Crippen LogP contribution is -2.14. The molecule has 1 aromatic heterocycles. The first-order chi connectivity index (χ1) is 10.1. The smallest absolute Gasteiger partial charge is 0.259 e. The van der Waals surface area contributed by atoms with Crippen LogP contribution in [0.1, 0.15) is 15.9 Å². The second-order valence-corrected chi connectivity index (χ2v) is 5.08. The van der Waals surface area contributed by atoms with Crippen LogP contribution in [0.3, 0.4) is 0 Å². The van der Waals surface area contributed by atoms with Crippen LogP contribution < -0.4 is 14.8 Å². The molecule has 1 heterocycles. The molecule has 0 aliphatic heterocycles. The predicted octanol–water partition coefficient (Wildman–Crippen LogP) is 3.42. The van der Waals surface area contributed by atoms with Crippen molar-refractivity contribution in [2.75, 3.05) is 19.5 Å². The quantitative estimate of drug-likeness (QED) is 0.858. The molecule has 0 atom stereocenters. The number of para-hydroxylation sites is 1. The van der Waals surface area contributed by atoms with Crippen molar-refractivity contribution in [1.82, 2.24) is 4.98 Å². The van der Waals surface area contributed by atoms with Crippen molar-refractivity contribution in [3.8, 4) is 11.5 Å². The van der Waals surface area contributed by atoms with E-state index in [2.05, 4.69) is 26.2 Å². The van der Waals surface area contributed by atoms with Gasteiger partial charge < -0.3 is 14.8 Å². The van der Waals surface area contributed by atoms with Gasteiger partial charge in [-0.15, -0.1) is 0 Å². The second-order valence-electron chi connectivity index (χ2n) is 4.33. The van der Waals surface area contributed by atoms with E-state index < -0.39 is 0 Å². The number of ether oxygens (including phenoxy) is 2. The number of hydrogen-bond donors (Lipinski definition) is 1. The molecule has 0 aliphatic carbocycles. The maximum absolute atomic E-state index is 12.4. The van der Waals surface area contributed by atoms with E-state index in [9.17, 15) is 4.79 Å². The zero-order valence-electron chi connectivity index (χ0n) is 11.9. The number of aromatic nitrogens is 1. The first kappa shape index (κ1) is 15.3. The highest BCUT2D eigenvalue weighted by Gasteiger charge is 2.16. The Morgan fingerprint density at radius 2 is 2.05 bits per heavy atom. The molecular weight excluding hydrogens is 336 g/mol. The third-order valence-electron chi connectivity index (χ3n) is 2.92. The van der Waals surface area contributed by atoms with Crippen molar-refractivity contribution in [1.29, 1.82) is 0 Å². The number of hydrogen-bond acceptors (Lipinski definition) is 4. The van der Waals surface area contributed by atoms with Crippen LogP contribution in [-0.4, -0.2) is 25.1 Å². The van der Waals surface area contributed by atoms with E-state index in [4.69, 9.17) is 9.47 Å². The Morgan fingerprint density at radius 1 is 1.29 bits per heavy atom. The number of nitrogens with one attached hydrogen (secondary N) is 1. The van der Waals surface area contributed by atoms with Gasteiger partial charge in [0.25, 0.3) is 5.91 Å². The number of pyridine rings is 1. The normalized spacial score (nSPS) is 10.1. The minimum atomic E-state index is -0.283. The third kappa shape index (κ3) is 3.33. The van der Waals surface area contributed by atoms with Crippen molar-refractivity contribution >= 4 is 27.5 Å². The molecule has 0 fully saturated rings. The lowest BCUT2D eigenvalue weighted by molar-refractivity contribution is 0.102. The molecule has 0 saturated carbocycles. The van der Waals surface area contributed by atoms with Gasteiger partial charge in [-0.05, 0) is 46.6 Å². The number of methoxy groups -OCH3 is 2. The standard InChI is InChI=1S/C15H15BrN2O3/c1-9-7-10(8-17-14(9)16)18-15(19)11-5-4-6-12(20-2)13(11)21-3/h4-8H,1-3H3,(H,18,19). The largest absolute Gasteiger partial charge is 0.493 e. The van der Waals surface area contributed by atoms with E-state index in [1.54, 1.807) is 24.4 Å². The third-order valence-corrected chi connectivity index (χ3v) is 3.75. The molecular formula is C15H15BrN2O3. The van der Waals surface area contributed by atoms with Crippen LogP contribution in [0, 0.1) is 6.92 Å². The minimum Gasteiger partial charge on any atom is -0.493 e. The van der Waals surface area contributed by atoms with Gasteiger partial charge in [-0.3, -0.25) is 4.79 Å². The van der Waals surface area contributed by atoms with Gasteiger partial charge in [0.05, 0.1) is 31.7 Å². The molecule has 5 nitrogen and oxygen atoms in total. The Morgan fingerprint density at radius 3 is 2.67 bits per heavy atom. The first-order valence-corrected chi connectivity index (χ1v) is 7.00. The number of halogens is 1. The van der Waals surface area contributed by atoms with Crippen molar-refractivity contribution in [3.05, 3.63) is 46.2 Å².